The smallest absolute Gasteiger partial charge is 0.232 e. The molecule has 2 rings (SSSR count). The second-order valence-corrected chi connectivity index (χ2v) is 6.93. The van der Waals surface area contributed by atoms with Gasteiger partial charge in [-0.2, -0.15) is 0 Å². The maximum absolute atomic E-state index is 11.9. The van der Waals surface area contributed by atoms with Gasteiger partial charge in [0.15, 0.2) is 0 Å². The van der Waals surface area contributed by atoms with Crippen molar-refractivity contribution < 1.29 is 8.42 Å². The van der Waals surface area contributed by atoms with Crippen molar-refractivity contribution in [1.29, 1.82) is 0 Å². The van der Waals surface area contributed by atoms with Crippen LogP contribution in [0, 0.1) is 0 Å². The molecule has 0 aliphatic heterocycles. The molecule has 0 saturated heterocycles. The molecule has 0 radical (unpaired) electrons. The molecule has 4 nitrogen and oxygen atoms in total. The van der Waals surface area contributed by atoms with Crippen LogP contribution >= 0.6 is 15.9 Å². The molecule has 0 amide bonds. The van der Waals surface area contributed by atoms with Crippen LogP contribution < -0.4 is 4.31 Å². The number of anilines is 1. The highest BCUT2D eigenvalue weighted by Gasteiger charge is 2.17. The molecule has 6 heteroatoms. The van der Waals surface area contributed by atoms with Crippen LogP contribution in [0.4, 0.5) is 5.69 Å². The Balaban J connectivity index is 2.38. The average molecular weight is 341 g/mol. The summed E-state index contributed by atoms with van der Waals surface area (Å²) in [5.74, 6) is 0. The summed E-state index contributed by atoms with van der Waals surface area (Å²) in [5, 5.41) is 0. The Bertz CT molecular complexity index is 659. The molecular formula is C13H13BrN2O2S. The zero-order valence-corrected chi connectivity index (χ0v) is 12.7. The Hall–Kier alpha value is -1.40. The van der Waals surface area contributed by atoms with Crippen LogP contribution in [-0.2, 0) is 16.6 Å². The molecule has 0 unspecified atom stereocenters. The van der Waals surface area contributed by atoms with Crippen LogP contribution in [0.25, 0.3) is 0 Å². The Morgan fingerprint density at radius 1 is 1.26 bits per heavy atom. The third-order valence-electron chi connectivity index (χ3n) is 2.55. The minimum absolute atomic E-state index is 0.267. The fraction of sp³-hybridized carbons (Fsp3) is 0.154. The molecule has 1 heterocycles. The van der Waals surface area contributed by atoms with Gasteiger partial charge in [0.25, 0.3) is 0 Å². The van der Waals surface area contributed by atoms with E-state index in [1.807, 2.05) is 12.1 Å². The molecule has 1 aromatic carbocycles. The lowest BCUT2D eigenvalue weighted by molar-refractivity contribution is 0.596. The van der Waals surface area contributed by atoms with E-state index < -0.39 is 10.0 Å². The summed E-state index contributed by atoms with van der Waals surface area (Å²) in [6.07, 6.45) is 4.52. The SMILES string of the molecule is CS(=O)(=O)N(Cc1cccnc1)c1cccc(Br)c1. The normalized spacial score (nSPS) is 11.3. The third kappa shape index (κ3) is 3.78. The number of halogens is 1. The van der Waals surface area contributed by atoms with Crippen molar-refractivity contribution in [2.75, 3.05) is 10.6 Å². The molecule has 0 fully saturated rings. The molecule has 0 N–H and O–H groups in total. The van der Waals surface area contributed by atoms with Gasteiger partial charge in [-0.3, -0.25) is 9.29 Å². The van der Waals surface area contributed by atoms with Gasteiger partial charge in [-0.15, -0.1) is 0 Å². The number of sulfonamides is 1. The van der Waals surface area contributed by atoms with E-state index in [1.54, 1.807) is 36.7 Å². The van der Waals surface area contributed by atoms with Gasteiger partial charge >= 0.3 is 0 Å². The number of benzene rings is 1. The summed E-state index contributed by atoms with van der Waals surface area (Å²) in [6.45, 7) is 0.267. The van der Waals surface area contributed by atoms with Crippen LogP contribution in [0.1, 0.15) is 5.56 Å². The van der Waals surface area contributed by atoms with E-state index in [0.29, 0.717) is 5.69 Å². The second-order valence-electron chi connectivity index (χ2n) is 4.11. The van der Waals surface area contributed by atoms with Crippen molar-refractivity contribution in [3.05, 3.63) is 58.8 Å². The molecular weight excluding hydrogens is 328 g/mol. The predicted molar refractivity (Wildman–Crippen MR) is 79.4 cm³/mol. The Morgan fingerprint density at radius 3 is 2.63 bits per heavy atom. The van der Waals surface area contributed by atoms with Gasteiger partial charge in [0.2, 0.25) is 10.0 Å². The van der Waals surface area contributed by atoms with Gasteiger partial charge in [-0.05, 0) is 29.8 Å². The summed E-state index contributed by atoms with van der Waals surface area (Å²) in [4.78, 5) is 4.00. The van der Waals surface area contributed by atoms with Crippen LogP contribution in [0.15, 0.2) is 53.3 Å². The largest absolute Gasteiger partial charge is 0.266 e. The third-order valence-corrected chi connectivity index (χ3v) is 4.18. The number of hydrogen-bond donors (Lipinski definition) is 0. The Kier molecular flexibility index (Phi) is 4.21. The van der Waals surface area contributed by atoms with Crippen molar-refractivity contribution >= 4 is 31.6 Å². The number of pyridine rings is 1. The monoisotopic (exact) mass is 340 g/mol. The van der Waals surface area contributed by atoms with Crippen molar-refractivity contribution in [3.63, 3.8) is 0 Å². The Labute approximate surface area is 121 Å². The van der Waals surface area contributed by atoms with E-state index in [1.165, 1.54) is 10.6 Å². The van der Waals surface area contributed by atoms with E-state index in [9.17, 15) is 8.42 Å². The topological polar surface area (TPSA) is 50.3 Å². The lowest BCUT2D eigenvalue weighted by Crippen LogP contribution is -2.29. The van der Waals surface area contributed by atoms with Crippen molar-refractivity contribution in [3.8, 4) is 0 Å². The zero-order valence-electron chi connectivity index (χ0n) is 10.3. The molecule has 0 spiro atoms. The van der Waals surface area contributed by atoms with Crippen molar-refractivity contribution in [2.24, 2.45) is 0 Å². The number of hydrogen-bond acceptors (Lipinski definition) is 3. The number of aromatic nitrogens is 1. The van der Waals surface area contributed by atoms with Crippen molar-refractivity contribution in [2.45, 2.75) is 6.54 Å². The number of rotatable bonds is 4. The lowest BCUT2D eigenvalue weighted by atomic mass is 10.2. The molecule has 0 atom stereocenters. The predicted octanol–water partition coefficient (Wildman–Crippen LogP) is 2.81. The standard InChI is InChI=1S/C13H13BrN2O2S/c1-19(17,18)16(10-11-4-3-7-15-9-11)13-6-2-5-12(14)8-13/h2-9H,10H2,1H3. The zero-order chi connectivity index (χ0) is 13.9. The van der Waals surface area contributed by atoms with Gasteiger partial charge in [0.1, 0.15) is 0 Å². The van der Waals surface area contributed by atoms with Gasteiger partial charge in [0.05, 0.1) is 18.5 Å². The van der Waals surface area contributed by atoms with E-state index in [2.05, 4.69) is 20.9 Å². The van der Waals surface area contributed by atoms with Gasteiger partial charge in [-0.1, -0.05) is 28.1 Å². The van der Waals surface area contributed by atoms with E-state index >= 15 is 0 Å². The maximum atomic E-state index is 11.9. The second kappa shape index (κ2) is 5.71. The molecule has 0 bridgehead atoms. The summed E-state index contributed by atoms with van der Waals surface area (Å²) in [5.41, 5.74) is 1.47. The van der Waals surface area contributed by atoms with Gasteiger partial charge in [-0.25, -0.2) is 8.42 Å². The van der Waals surface area contributed by atoms with Crippen LogP contribution in [0.3, 0.4) is 0 Å². The van der Waals surface area contributed by atoms with Crippen LogP contribution in [0.2, 0.25) is 0 Å². The van der Waals surface area contributed by atoms with Crippen LogP contribution in [-0.4, -0.2) is 19.7 Å². The molecule has 19 heavy (non-hydrogen) atoms. The molecule has 1 aromatic heterocycles. The molecule has 100 valence electrons. The minimum Gasteiger partial charge on any atom is -0.266 e. The summed E-state index contributed by atoms with van der Waals surface area (Å²) < 4.78 is 26.1. The van der Waals surface area contributed by atoms with Gasteiger partial charge in [0, 0.05) is 16.9 Å². The van der Waals surface area contributed by atoms with E-state index in [-0.39, 0.29) is 6.54 Å². The number of nitrogens with zero attached hydrogens (tertiary/aromatic N) is 2. The quantitative estimate of drug-likeness (QED) is 0.859. The first-order valence-corrected chi connectivity index (χ1v) is 8.23. The maximum Gasteiger partial charge on any atom is 0.232 e. The fourth-order valence-corrected chi connectivity index (χ4v) is 2.96. The summed E-state index contributed by atoms with van der Waals surface area (Å²) in [7, 11) is -3.35. The molecule has 0 aliphatic rings. The summed E-state index contributed by atoms with van der Waals surface area (Å²) in [6, 6.07) is 10.8. The molecule has 2 aromatic rings. The highest BCUT2D eigenvalue weighted by molar-refractivity contribution is 9.10. The minimum atomic E-state index is -3.35. The van der Waals surface area contributed by atoms with Crippen LogP contribution in [0.5, 0.6) is 0 Å². The molecule has 0 saturated carbocycles. The van der Waals surface area contributed by atoms with Gasteiger partial charge < -0.3 is 0 Å². The highest BCUT2D eigenvalue weighted by Crippen LogP contribution is 2.23. The first-order valence-electron chi connectivity index (χ1n) is 5.59. The van der Waals surface area contributed by atoms with E-state index in [0.717, 1.165) is 10.0 Å². The lowest BCUT2D eigenvalue weighted by Gasteiger charge is -2.22. The fourth-order valence-electron chi connectivity index (χ4n) is 1.69. The summed E-state index contributed by atoms with van der Waals surface area (Å²) >= 11 is 3.35. The highest BCUT2D eigenvalue weighted by atomic mass is 79.9. The Morgan fingerprint density at radius 2 is 2.05 bits per heavy atom. The van der Waals surface area contributed by atoms with Crippen molar-refractivity contribution in [1.82, 2.24) is 4.98 Å². The first-order chi connectivity index (χ1) is 8.97. The average Bonchev–Trinajstić information content (AvgIpc) is 2.36. The first kappa shape index (κ1) is 14.0. The molecule has 0 aliphatic carbocycles. The van der Waals surface area contributed by atoms with E-state index in [4.69, 9.17) is 0 Å².